The lowest BCUT2D eigenvalue weighted by Gasteiger charge is -2.25. The van der Waals surface area contributed by atoms with Crippen molar-refractivity contribution in [2.24, 2.45) is 5.92 Å². The van der Waals surface area contributed by atoms with Crippen LogP contribution in [0.2, 0.25) is 0 Å². The number of rotatable bonds is 6. The van der Waals surface area contributed by atoms with Crippen molar-refractivity contribution in [3.63, 3.8) is 0 Å². The second kappa shape index (κ2) is 10.6. The standard InChI is InChI=1S/C15H16F3NO3.C6H9N3O2/c1-8(2)6-12(14(21)22)19-7-10-9(13(19)20)4-3-5-11(10)15(16,17)18;7-6-2-8-4(1-9-6)5(11)3-10/h3-5,8,12H,6-7H2,1-2H3,(H,21,22);1-2,5,10-11H,3H2,(H2,7,9)/t12-;5-/m01/s1. The number of nitrogen functional groups attached to an aromatic ring is 1. The Kier molecular flexibility index (Phi) is 8.34. The van der Waals surface area contributed by atoms with Crippen molar-refractivity contribution in [2.45, 2.75) is 45.1 Å². The van der Waals surface area contributed by atoms with E-state index in [0.29, 0.717) is 11.5 Å². The van der Waals surface area contributed by atoms with Gasteiger partial charge in [-0.15, -0.1) is 0 Å². The lowest BCUT2D eigenvalue weighted by atomic mass is 10.0. The highest BCUT2D eigenvalue weighted by Gasteiger charge is 2.42. The van der Waals surface area contributed by atoms with Gasteiger partial charge in [-0.3, -0.25) is 9.78 Å². The monoisotopic (exact) mass is 470 g/mol. The first-order valence-corrected chi connectivity index (χ1v) is 9.96. The number of aliphatic hydroxyl groups excluding tert-OH is 2. The van der Waals surface area contributed by atoms with Gasteiger partial charge in [0.05, 0.1) is 30.3 Å². The number of carboxylic acids is 1. The van der Waals surface area contributed by atoms with Gasteiger partial charge < -0.3 is 26.0 Å². The van der Waals surface area contributed by atoms with Crippen LogP contribution in [0.4, 0.5) is 19.0 Å². The zero-order valence-corrected chi connectivity index (χ0v) is 18.0. The highest BCUT2D eigenvalue weighted by molar-refractivity contribution is 6.00. The van der Waals surface area contributed by atoms with Crippen LogP contribution in [0.3, 0.4) is 0 Å². The Balaban J connectivity index is 0.000000294. The molecule has 12 heteroatoms. The maximum atomic E-state index is 13.0. The fourth-order valence-electron chi connectivity index (χ4n) is 3.29. The molecule has 0 bridgehead atoms. The van der Waals surface area contributed by atoms with E-state index < -0.39 is 35.8 Å². The second-order valence-electron chi connectivity index (χ2n) is 7.81. The minimum atomic E-state index is -4.57. The number of benzene rings is 1. The number of anilines is 1. The molecule has 0 radical (unpaired) electrons. The molecule has 2 atom stereocenters. The third kappa shape index (κ3) is 6.39. The summed E-state index contributed by atoms with van der Waals surface area (Å²) in [5.41, 5.74) is 4.48. The van der Waals surface area contributed by atoms with Crippen molar-refractivity contribution in [1.29, 1.82) is 0 Å². The largest absolute Gasteiger partial charge is 0.480 e. The number of aliphatic carboxylic acids is 1. The predicted molar refractivity (Wildman–Crippen MR) is 111 cm³/mol. The number of fused-ring (bicyclic) bond motifs is 1. The van der Waals surface area contributed by atoms with Gasteiger partial charge in [0, 0.05) is 12.1 Å². The second-order valence-corrected chi connectivity index (χ2v) is 7.81. The zero-order valence-electron chi connectivity index (χ0n) is 18.0. The average Bonchev–Trinajstić information content (AvgIpc) is 3.07. The van der Waals surface area contributed by atoms with Crippen LogP contribution in [0.1, 0.15) is 53.6 Å². The molecule has 0 saturated carbocycles. The van der Waals surface area contributed by atoms with Crippen molar-refractivity contribution in [3.05, 3.63) is 53.0 Å². The highest BCUT2D eigenvalue weighted by Crippen LogP contribution is 2.38. The summed E-state index contributed by atoms with van der Waals surface area (Å²) >= 11 is 0. The van der Waals surface area contributed by atoms with E-state index in [1.807, 2.05) is 0 Å². The molecule has 0 spiro atoms. The normalized spacial score (nSPS) is 15.0. The van der Waals surface area contributed by atoms with Crippen LogP contribution in [-0.4, -0.2) is 54.7 Å². The van der Waals surface area contributed by atoms with E-state index in [1.54, 1.807) is 13.8 Å². The van der Waals surface area contributed by atoms with Gasteiger partial charge in [-0.2, -0.15) is 13.2 Å². The fraction of sp³-hybridized carbons (Fsp3) is 0.429. The summed E-state index contributed by atoms with van der Waals surface area (Å²) in [6, 6.07) is 2.26. The van der Waals surface area contributed by atoms with Crippen LogP contribution in [0, 0.1) is 5.92 Å². The number of aromatic nitrogens is 2. The Morgan fingerprint density at radius 2 is 1.91 bits per heavy atom. The number of hydrogen-bond acceptors (Lipinski definition) is 7. The van der Waals surface area contributed by atoms with Gasteiger partial charge in [0.25, 0.3) is 5.91 Å². The molecule has 0 unspecified atom stereocenters. The van der Waals surface area contributed by atoms with Crippen molar-refractivity contribution >= 4 is 17.7 Å². The molecule has 0 saturated heterocycles. The van der Waals surface area contributed by atoms with E-state index in [1.165, 1.54) is 24.5 Å². The van der Waals surface area contributed by atoms with Crippen LogP contribution < -0.4 is 5.73 Å². The smallest absolute Gasteiger partial charge is 0.416 e. The minimum Gasteiger partial charge on any atom is -0.480 e. The van der Waals surface area contributed by atoms with E-state index in [-0.39, 0.29) is 36.6 Å². The first-order chi connectivity index (χ1) is 15.4. The van der Waals surface area contributed by atoms with Crippen molar-refractivity contribution in [3.8, 4) is 0 Å². The third-order valence-corrected chi connectivity index (χ3v) is 4.86. The molecule has 1 aromatic carbocycles. The van der Waals surface area contributed by atoms with Crippen molar-refractivity contribution in [1.82, 2.24) is 14.9 Å². The van der Waals surface area contributed by atoms with Gasteiger partial charge in [0.2, 0.25) is 0 Å². The molecule has 1 aromatic heterocycles. The first kappa shape index (κ1) is 26.0. The molecule has 5 N–H and O–H groups in total. The summed E-state index contributed by atoms with van der Waals surface area (Å²) in [7, 11) is 0. The summed E-state index contributed by atoms with van der Waals surface area (Å²) in [5.74, 6) is -1.57. The van der Waals surface area contributed by atoms with E-state index in [4.69, 9.17) is 15.9 Å². The molecule has 1 aliphatic rings. The van der Waals surface area contributed by atoms with Gasteiger partial charge in [-0.1, -0.05) is 19.9 Å². The molecule has 1 amide bonds. The number of carbonyl (C=O) groups excluding carboxylic acids is 1. The van der Waals surface area contributed by atoms with Gasteiger partial charge in [-0.05, 0) is 30.0 Å². The Morgan fingerprint density at radius 3 is 2.39 bits per heavy atom. The van der Waals surface area contributed by atoms with Gasteiger partial charge >= 0.3 is 12.1 Å². The van der Waals surface area contributed by atoms with Crippen LogP contribution in [0.5, 0.6) is 0 Å². The van der Waals surface area contributed by atoms with Gasteiger partial charge in [0.1, 0.15) is 18.0 Å². The average molecular weight is 470 g/mol. The van der Waals surface area contributed by atoms with Gasteiger partial charge in [0.15, 0.2) is 0 Å². The molecule has 180 valence electrons. The van der Waals surface area contributed by atoms with E-state index in [0.717, 1.165) is 11.0 Å². The van der Waals surface area contributed by atoms with Crippen LogP contribution >= 0.6 is 0 Å². The molecule has 0 fully saturated rings. The van der Waals surface area contributed by atoms with Crippen molar-refractivity contribution < 1.29 is 38.1 Å². The molecule has 33 heavy (non-hydrogen) atoms. The number of amides is 1. The maximum absolute atomic E-state index is 13.0. The Morgan fingerprint density at radius 1 is 1.24 bits per heavy atom. The molecule has 3 rings (SSSR count). The molecule has 1 aliphatic heterocycles. The van der Waals surface area contributed by atoms with Gasteiger partial charge in [-0.25, -0.2) is 9.78 Å². The third-order valence-electron chi connectivity index (χ3n) is 4.86. The zero-order chi connectivity index (χ0) is 24.9. The topological polar surface area (TPSA) is 150 Å². The lowest BCUT2D eigenvalue weighted by molar-refractivity contribution is -0.143. The number of nitrogens with zero attached hydrogens (tertiary/aromatic N) is 3. The predicted octanol–water partition coefficient (Wildman–Crippen LogP) is 2.25. The van der Waals surface area contributed by atoms with Crippen LogP contribution in [0.25, 0.3) is 0 Å². The molecule has 2 heterocycles. The first-order valence-electron chi connectivity index (χ1n) is 9.96. The lowest BCUT2D eigenvalue weighted by Crippen LogP contribution is -2.42. The summed E-state index contributed by atoms with van der Waals surface area (Å²) < 4.78 is 39.1. The summed E-state index contributed by atoms with van der Waals surface area (Å²) in [6.07, 6.45) is -2.69. The summed E-state index contributed by atoms with van der Waals surface area (Å²) in [4.78, 5) is 32.1. The SMILES string of the molecule is CC(C)C[C@@H](C(=O)O)N1Cc2c(cccc2C(F)(F)F)C1=O.Nc1cnc([C@H](O)CO)cn1. The number of carbonyl (C=O) groups is 2. The number of carboxylic acid groups (broad SMARTS) is 1. The Labute approximate surface area is 187 Å². The summed E-state index contributed by atoms with van der Waals surface area (Å²) in [6.45, 7) is 2.90. The minimum absolute atomic E-state index is 0.000279. The van der Waals surface area contributed by atoms with E-state index in [2.05, 4.69) is 9.97 Å². The number of hydrogen-bond donors (Lipinski definition) is 4. The Hall–Kier alpha value is -3.25. The number of aliphatic hydroxyl groups is 2. The quantitative estimate of drug-likeness (QED) is 0.502. The maximum Gasteiger partial charge on any atom is 0.416 e. The van der Waals surface area contributed by atoms with E-state index in [9.17, 15) is 27.9 Å². The molecule has 9 nitrogen and oxygen atoms in total. The molecular weight excluding hydrogens is 445 g/mol. The fourth-order valence-corrected chi connectivity index (χ4v) is 3.29. The van der Waals surface area contributed by atoms with Crippen LogP contribution in [0.15, 0.2) is 30.6 Å². The molecule has 0 aliphatic carbocycles. The number of nitrogens with two attached hydrogens (primary N) is 1. The van der Waals surface area contributed by atoms with Crippen molar-refractivity contribution in [2.75, 3.05) is 12.3 Å². The molecular formula is C21H25F3N4O5. The van der Waals surface area contributed by atoms with E-state index >= 15 is 0 Å². The molecule has 2 aromatic rings. The highest BCUT2D eigenvalue weighted by atomic mass is 19.4. The summed E-state index contributed by atoms with van der Waals surface area (Å²) in [5, 5.41) is 26.8. The number of alkyl halides is 3. The van der Waals surface area contributed by atoms with Crippen LogP contribution in [-0.2, 0) is 17.5 Å². The number of halogens is 3. The Bertz CT molecular complexity index is 983.